The van der Waals surface area contributed by atoms with E-state index in [9.17, 15) is 5.11 Å². The maximum atomic E-state index is 9.83. The smallest absolute Gasteiger partial charge is 0.174 e. The van der Waals surface area contributed by atoms with Crippen molar-refractivity contribution >= 4 is 23.0 Å². The molecule has 2 aromatic heterocycles. The number of aromatic nitrogens is 2. The Bertz CT molecular complexity index is 1300. The van der Waals surface area contributed by atoms with E-state index in [4.69, 9.17) is 12.2 Å². The van der Waals surface area contributed by atoms with E-state index >= 15 is 0 Å². The first-order chi connectivity index (χ1) is 15.9. The molecule has 0 amide bonds. The number of rotatable bonds is 4. The number of hydrogen-bond acceptors (Lipinski definition) is 3. The zero-order chi connectivity index (χ0) is 23.1. The highest BCUT2D eigenvalue weighted by Gasteiger charge is 2.42. The number of hydrogen-bond donors (Lipinski definition) is 2. The predicted octanol–water partition coefficient (Wildman–Crippen LogP) is 5.68. The molecule has 33 heavy (non-hydrogen) atoms. The highest BCUT2D eigenvalue weighted by Crippen LogP contribution is 2.43. The van der Waals surface area contributed by atoms with E-state index in [-0.39, 0.29) is 17.8 Å². The maximum absolute atomic E-state index is 9.83. The molecule has 3 heterocycles. The van der Waals surface area contributed by atoms with Gasteiger partial charge < -0.3 is 19.9 Å². The van der Waals surface area contributed by atoms with Crippen molar-refractivity contribution in [3.05, 3.63) is 107 Å². The van der Waals surface area contributed by atoms with E-state index in [0.717, 1.165) is 28.5 Å². The minimum absolute atomic E-state index is 0.0951. The van der Waals surface area contributed by atoms with Gasteiger partial charge in [-0.25, -0.2) is 0 Å². The molecule has 2 aromatic carbocycles. The summed E-state index contributed by atoms with van der Waals surface area (Å²) in [5.41, 5.74) is 7.75. The molecule has 5 nitrogen and oxygen atoms in total. The molecule has 1 aliphatic rings. The molecule has 0 unspecified atom stereocenters. The third-order valence-corrected chi connectivity index (χ3v) is 6.62. The van der Waals surface area contributed by atoms with Crippen LogP contribution in [-0.2, 0) is 0 Å². The highest BCUT2D eigenvalue weighted by atomic mass is 32.1. The molecule has 4 aromatic rings. The fourth-order valence-electron chi connectivity index (χ4n) is 4.74. The normalized spacial score (nSPS) is 17.9. The monoisotopic (exact) mass is 454 g/mol. The molecule has 166 valence electrons. The molecule has 2 N–H and O–H groups in total. The van der Waals surface area contributed by atoms with Crippen LogP contribution < -0.4 is 10.2 Å². The second-order valence-electron chi connectivity index (χ2n) is 8.51. The van der Waals surface area contributed by atoms with Crippen molar-refractivity contribution in [3.8, 4) is 11.4 Å². The van der Waals surface area contributed by atoms with Crippen LogP contribution in [0.15, 0.2) is 79.0 Å². The van der Waals surface area contributed by atoms with Gasteiger partial charge in [-0.3, -0.25) is 4.98 Å². The van der Waals surface area contributed by atoms with Crippen LogP contribution in [0.3, 0.4) is 0 Å². The van der Waals surface area contributed by atoms with Gasteiger partial charge in [0.15, 0.2) is 5.11 Å². The molecule has 0 bridgehead atoms. The average Bonchev–Trinajstić information content (AvgIpc) is 3.31. The molecule has 0 spiro atoms. The van der Waals surface area contributed by atoms with E-state index in [0.29, 0.717) is 5.11 Å². The van der Waals surface area contributed by atoms with Crippen molar-refractivity contribution in [1.82, 2.24) is 14.9 Å². The number of nitrogens with zero attached hydrogens (tertiary/aromatic N) is 3. The van der Waals surface area contributed by atoms with E-state index in [1.54, 1.807) is 12.1 Å². The molecule has 1 saturated heterocycles. The van der Waals surface area contributed by atoms with Crippen LogP contribution in [0.2, 0.25) is 0 Å². The minimum atomic E-state index is -0.112. The van der Waals surface area contributed by atoms with Crippen LogP contribution in [0.25, 0.3) is 5.69 Å². The Morgan fingerprint density at radius 2 is 1.61 bits per heavy atom. The Kier molecular flexibility index (Phi) is 5.38. The zero-order valence-corrected chi connectivity index (χ0v) is 19.7. The molecule has 0 radical (unpaired) electrons. The van der Waals surface area contributed by atoms with Crippen molar-refractivity contribution in [2.75, 3.05) is 4.90 Å². The number of aromatic hydroxyl groups is 1. The summed E-state index contributed by atoms with van der Waals surface area (Å²) in [5, 5.41) is 14.0. The molecule has 2 atom stereocenters. The molecule has 1 fully saturated rings. The first-order valence-corrected chi connectivity index (χ1v) is 11.4. The molecule has 5 rings (SSSR count). The summed E-state index contributed by atoms with van der Waals surface area (Å²) < 4.78 is 2.29. The Morgan fingerprint density at radius 1 is 0.909 bits per heavy atom. The van der Waals surface area contributed by atoms with Crippen molar-refractivity contribution < 1.29 is 5.11 Å². The van der Waals surface area contributed by atoms with Crippen LogP contribution >= 0.6 is 12.2 Å². The summed E-state index contributed by atoms with van der Waals surface area (Å²) in [5.74, 6) is 0.229. The second-order valence-corrected chi connectivity index (χ2v) is 8.90. The van der Waals surface area contributed by atoms with Gasteiger partial charge in [-0.2, -0.15) is 0 Å². The second kappa shape index (κ2) is 8.37. The lowest BCUT2D eigenvalue weighted by Crippen LogP contribution is -2.29. The molecule has 6 heteroatoms. The number of benzene rings is 2. The Morgan fingerprint density at radius 3 is 2.27 bits per heavy atom. The molecule has 1 aliphatic heterocycles. The van der Waals surface area contributed by atoms with E-state index in [1.165, 1.54) is 11.1 Å². The first-order valence-electron chi connectivity index (χ1n) is 11.0. The van der Waals surface area contributed by atoms with Gasteiger partial charge in [0.2, 0.25) is 0 Å². The molecule has 0 aliphatic carbocycles. The largest absolute Gasteiger partial charge is 0.508 e. The van der Waals surface area contributed by atoms with Crippen LogP contribution in [-0.4, -0.2) is 19.8 Å². The van der Waals surface area contributed by atoms with Crippen LogP contribution in [0.1, 0.15) is 40.3 Å². The Balaban J connectivity index is 1.67. The van der Waals surface area contributed by atoms with Gasteiger partial charge in [-0.15, -0.1) is 0 Å². The summed E-state index contributed by atoms with van der Waals surface area (Å²) in [6.45, 7) is 6.40. The van der Waals surface area contributed by atoms with Gasteiger partial charge in [0.1, 0.15) is 5.75 Å². The number of nitrogens with one attached hydrogen (secondary N) is 1. The lowest BCUT2D eigenvalue weighted by Gasteiger charge is -2.28. The lowest BCUT2D eigenvalue weighted by atomic mass is 9.96. The lowest BCUT2D eigenvalue weighted by molar-refractivity contribution is 0.475. The van der Waals surface area contributed by atoms with Crippen LogP contribution in [0.5, 0.6) is 5.75 Å². The molecular weight excluding hydrogens is 428 g/mol. The van der Waals surface area contributed by atoms with E-state index < -0.39 is 0 Å². The SMILES string of the molecule is Cc1ccc(-n2c(C)cc([C@H]3[C@H](c4ccccn4)NC(=S)N3c3ccc(O)cc3)c2C)cc1. The zero-order valence-electron chi connectivity index (χ0n) is 18.9. The van der Waals surface area contributed by atoms with E-state index in [2.05, 4.69) is 70.9 Å². The number of aryl methyl sites for hydroxylation is 2. The highest BCUT2D eigenvalue weighted by molar-refractivity contribution is 7.80. The number of pyridine rings is 1. The van der Waals surface area contributed by atoms with Gasteiger partial charge >= 0.3 is 0 Å². The maximum Gasteiger partial charge on any atom is 0.174 e. The van der Waals surface area contributed by atoms with Gasteiger partial charge in [0.25, 0.3) is 0 Å². The number of anilines is 1. The van der Waals surface area contributed by atoms with Crippen LogP contribution in [0.4, 0.5) is 5.69 Å². The predicted molar refractivity (Wildman–Crippen MR) is 136 cm³/mol. The summed E-state index contributed by atoms with van der Waals surface area (Å²) in [6, 6.07) is 23.8. The summed E-state index contributed by atoms with van der Waals surface area (Å²) >= 11 is 5.82. The Hall–Kier alpha value is -3.64. The fraction of sp³-hybridized carbons (Fsp3) is 0.185. The standard InChI is InChI=1S/C27H26N4OS/c1-17-7-9-20(10-8-17)30-18(2)16-23(19(30)3)26-25(24-6-4-5-15-28-24)29-27(33)31(26)21-11-13-22(32)14-12-21/h4-16,25-26,32H,1-3H3,(H,29,33)/t25-,26-/m0/s1. The van der Waals surface area contributed by atoms with E-state index in [1.807, 2.05) is 36.5 Å². The summed E-state index contributed by atoms with van der Waals surface area (Å²) in [6.07, 6.45) is 1.82. The van der Waals surface area contributed by atoms with Crippen molar-refractivity contribution in [2.45, 2.75) is 32.9 Å². The Labute approximate surface area is 199 Å². The topological polar surface area (TPSA) is 53.3 Å². The van der Waals surface area contributed by atoms with Crippen molar-refractivity contribution in [1.29, 1.82) is 0 Å². The van der Waals surface area contributed by atoms with Gasteiger partial charge in [-0.1, -0.05) is 23.8 Å². The van der Waals surface area contributed by atoms with Crippen molar-refractivity contribution in [2.24, 2.45) is 0 Å². The number of phenols is 1. The van der Waals surface area contributed by atoms with Gasteiger partial charge in [-0.05, 0) is 93.1 Å². The molecular formula is C27H26N4OS. The third-order valence-electron chi connectivity index (χ3n) is 6.31. The van der Waals surface area contributed by atoms with Gasteiger partial charge in [0, 0.05) is 29.0 Å². The van der Waals surface area contributed by atoms with Crippen LogP contribution in [0, 0.1) is 20.8 Å². The number of thiocarbonyl (C=S) groups is 1. The summed E-state index contributed by atoms with van der Waals surface area (Å²) in [7, 11) is 0. The quantitative estimate of drug-likeness (QED) is 0.389. The van der Waals surface area contributed by atoms with Gasteiger partial charge in [0.05, 0.1) is 17.8 Å². The minimum Gasteiger partial charge on any atom is -0.508 e. The molecule has 0 saturated carbocycles. The first kappa shape index (κ1) is 21.2. The third kappa shape index (κ3) is 3.76. The average molecular weight is 455 g/mol. The fourth-order valence-corrected chi connectivity index (χ4v) is 5.09. The van der Waals surface area contributed by atoms with Crippen molar-refractivity contribution in [3.63, 3.8) is 0 Å². The number of phenolic OH excluding ortho intramolecular Hbond substituents is 1. The summed E-state index contributed by atoms with van der Waals surface area (Å²) in [4.78, 5) is 6.78.